The number of hydrogen-bond donors (Lipinski definition) is 3. The van der Waals surface area contributed by atoms with Crippen LogP contribution in [0.25, 0.3) is 0 Å². The van der Waals surface area contributed by atoms with Gasteiger partial charge in [0.05, 0.1) is 6.20 Å². The molecule has 0 radical (unpaired) electrons. The van der Waals surface area contributed by atoms with Crippen LogP contribution < -0.4 is 10.6 Å². The second kappa shape index (κ2) is 11.0. The molecule has 2 heterocycles. The normalized spacial score (nSPS) is 18.6. The first-order valence-electron chi connectivity index (χ1n) is 11.6. The summed E-state index contributed by atoms with van der Waals surface area (Å²) < 4.78 is 11.0. The van der Waals surface area contributed by atoms with Gasteiger partial charge in [-0.25, -0.2) is 9.59 Å². The lowest BCUT2D eigenvalue weighted by Crippen LogP contribution is -2.45. The van der Waals surface area contributed by atoms with E-state index in [9.17, 15) is 9.59 Å². The van der Waals surface area contributed by atoms with Crippen molar-refractivity contribution in [3.05, 3.63) is 11.8 Å². The van der Waals surface area contributed by atoms with Gasteiger partial charge in [0.1, 0.15) is 17.0 Å². The SMILES string of the molecule is CC(CC1CCCCCN1C(=O)OC(C)(C)C)NCc1cn[nH]c1NC(=O)OC(C)(C)C. The fourth-order valence-electron chi connectivity index (χ4n) is 3.72. The lowest BCUT2D eigenvalue weighted by atomic mass is 10.0. The predicted octanol–water partition coefficient (Wildman–Crippen LogP) is 4.80. The summed E-state index contributed by atoms with van der Waals surface area (Å²) in [4.78, 5) is 26.7. The minimum Gasteiger partial charge on any atom is -0.444 e. The van der Waals surface area contributed by atoms with E-state index < -0.39 is 17.3 Å². The maximum Gasteiger partial charge on any atom is 0.413 e. The Labute approximate surface area is 192 Å². The van der Waals surface area contributed by atoms with Gasteiger partial charge < -0.3 is 19.7 Å². The second-order valence-electron chi connectivity index (χ2n) is 10.6. The number of carbonyl (C=O) groups excluding carboxylic acids is 2. The van der Waals surface area contributed by atoms with Crippen LogP contribution in [-0.4, -0.2) is 57.1 Å². The first kappa shape index (κ1) is 26.0. The highest BCUT2D eigenvalue weighted by molar-refractivity contribution is 5.84. The third-order valence-electron chi connectivity index (χ3n) is 5.12. The fourth-order valence-corrected chi connectivity index (χ4v) is 3.72. The van der Waals surface area contributed by atoms with E-state index in [2.05, 4.69) is 27.8 Å². The molecule has 0 spiro atoms. The molecular formula is C23H41N5O4. The van der Waals surface area contributed by atoms with Crippen LogP contribution in [-0.2, 0) is 16.0 Å². The number of ether oxygens (including phenoxy) is 2. The van der Waals surface area contributed by atoms with Gasteiger partial charge in [-0.2, -0.15) is 5.10 Å². The van der Waals surface area contributed by atoms with Gasteiger partial charge >= 0.3 is 12.2 Å². The molecule has 1 saturated heterocycles. The first-order valence-corrected chi connectivity index (χ1v) is 11.6. The lowest BCUT2D eigenvalue weighted by molar-refractivity contribution is 0.0150. The summed E-state index contributed by atoms with van der Waals surface area (Å²) in [5.74, 6) is 0.517. The molecule has 3 N–H and O–H groups in total. The van der Waals surface area contributed by atoms with Crippen molar-refractivity contribution in [2.45, 2.75) is 110 Å². The van der Waals surface area contributed by atoms with Gasteiger partial charge in [0.15, 0.2) is 0 Å². The van der Waals surface area contributed by atoms with Crippen molar-refractivity contribution >= 4 is 18.0 Å². The highest BCUT2D eigenvalue weighted by Gasteiger charge is 2.30. The van der Waals surface area contributed by atoms with Crippen molar-refractivity contribution in [3.63, 3.8) is 0 Å². The third kappa shape index (κ3) is 9.06. The number of rotatable bonds is 6. The molecule has 1 aromatic rings. The maximum absolute atomic E-state index is 12.8. The zero-order chi connectivity index (χ0) is 23.9. The molecule has 9 heteroatoms. The van der Waals surface area contributed by atoms with Gasteiger partial charge in [0.25, 0.3) is 0 Å². The minimum atomic E-state index is -0.574. The number of nitrogens with one attached hydrogen (secondary N) is 3. The number of aromatic amines is 1. The standard InChI is InChI=1S/C23H41N5O4/c1-16(13-18-11-9-8-10-12-28(18)21(30)32-23(5,6)7)24-14-17-15-25-27-19(17)26-20(29)31-22(2,3)4/h15-16,18,24H,8-14H2,1-7H3,(H2,25,26,27,29). The van der Waals surface area contributed by atoms with Crippen molar-refractivity contribution in [1.82, 2.24) is 20.4 Å². The van der Waals surface area contributed by atoms with Crippen molar-refractivity contribution in [2.75, 3.05) is 11.9 Å². The summed E-state index contributed by atoms with van der Waals surface area (Å²) in [5, 5.41) is 13.1. The number of aromatic nitrogens is 2. The average molecular weight is 452 g/mol. The lowest BCUT2D eigenvalue weighted by Gasteiger charge is -2.33. The quantitative estimate of drug-likeness (QED) is 0.573. The molecule has 9 nitrogen and oxygen atoms in total. The highest BCUT2D eigenvalue weighted by Crippen LogP contribution is 2.23. The van der Waals surface area contributed by atoms with E-state index >= 15 is 0 Å². The molecule has 182 valence electrons. The molecule has 0 saturated carbocycles. The summed E-state index contributed by atoms with van der Waals surface area (Å²) in [5.41, 5.74) is -0.237. The van der Waals surface area contributed by atoms with Gasteiger partial charge in [-0.3, -0.25) is 10.4 Å². The van der Waals surface area contributed by atoms with E-state index in [0.29, 0.717) is 12.4 Å². The van der Waals surface area contributed by atoms with Crippen molar-refractivity contribution in [1.29, 1.82) is 0 Å². The predicted molar refractivity (Wildman–Crippen MR) is 125 cm³/mol. The second-order valence-corrected chi connectivity index (χ2v) is 10.6. The fraction of sp³-hybridized carbons (Fsp3) is 0.783. The summed E-state index contributed by atoms with van der Waals surface area (Å²) in [6.07, 6.45) is 5.98. The third-order valence-corrected chi connectivity index (χ3v) is 5.12. The van der Waals surface area contributed by atoms with Crippen LogP contribution in [0.5, 0.6) is 0 Å². The van der Waals surface area contributed by atoms with Crippen LogP contribution in [0, 0.1) is 0 Å². The van der Waals surface area contributed by atoms with Gasteiger partial charge in [0, 0.05) is 30.7 Å². The van der Waals surface area contributed by atoms with E-state index in [1.807, 2.05) is 46.4 Å². The number of amides is 2. The zero-order valence-corrected chi connectivity index (χ0v) is 20.7. The molecule has 0 bridgehead atoms. The summed E-state index contributed by atoms with van der Waals surface area (Å²) >= 11 is 0. The number of likely N-dealkylation sites (tertiary alicyclic amines) is 1. The number of H-pyrrole nitrogens is 1. The number of anilines is 1. The number of carbonyl (C=O) groups is 2. The molecule has 32 heavy (non-hydrogen) atoms. The van der Waals surface area contributed by atoms with Crippen LogP contribution in [0.4, 0.5) is 15.4 Å². The molecule has 1 fully saturated rings. The van der Waals surface area contributed by atoms with Crippen LogP contribution >= 0.6 is 0 Å². The Morgan fingerprint density at radius 1 is 1.16 bits per heavy atom. The average Bonchev–Trinajstić information content (AvgIpc) is 2.92. The Balaban J connectivity index is 1.92. The molecule has 1 aliphatic rings. The van der Waals surface area contributed by atoms with Crippen molar-refractivity contribution in [2.24, 2.45) is 0 Å². The van der Waals surface area contributed by atoms with E-state index in [4.69, 9.17) is 9.47 Å². The zero-order valence-electron chi connectivity index (χ0n) is 20.7. The molecule has 0 aromatic carbocycles. The molecule has 2 atom stereocenters. The number of nitrogens with zero attached hydrogens (tertiary/aromatic N) is 2. The Kier molecular flexibility index (Phi) is 8.95. The largest absolute Gasteiger partial charge is 0.444 e. The topological polar surface area (TPSA) is 109 Å². The van der Waals surface area contributed by atoms with Crippen LogP contribution in [0.15, 0.2) is 6.20 Å². The molecule has 0 aliphatic carbocycles. The Hall–Kier alpha value is -2.29. The number of hydrogen-bond acceptors (Lipinski definition) is 6. The van der Waals surface area contributed by atoms with Crippen molar-refractivity contribution in [3.8, 4) is 0 Å². The van der Waals surface area contributed by atoms with Crippen molar-refractivity contribution < 1.29 is 19.1 Å². The molecule has 1 aliphatic heterocycles. The van der Waals surface area contributed by atoms with Gasteiger partial charge in [-0.1, -0.05) is 12.8 Å². The Bertz CT molecular complexity index is 750. The smallest absolute Gasteiger partial charge is 0.413 e. The molecule has 2 unspecified atom stereocenters. The first-order chi connectivity index (χ1) is 14.8. The summed E-state index contributed by atoms with van der Waals surface area (Å²) in [6, 6.07) is 0.297. The van der Waals surface area contributed by atoms with Crippen LogP contribution in [0.1, 0.15) is 86.1 Å². The summed E-state index contributed by atoms with van der Waals surface area (Å²) in [6.45, 7) is 14.5. The van der Waals surface area contributed by atoms with E-state index in [-0.39, 0.29) is 18.2 Å². The monoisotopic (exact) mass is 451 g/mol. The summed E-state index contributed by atoms with van der Waals surface area (Å²) in [7, 11) is 0. The maximum atomic E-state index is 12.8. The minimum absolute atomic E-state index is 0.138. The Morgan fingerprint density at radius 3 is 2.50 bits per heavy atom. The van der Waals surface area contributed by atoms with E-state index in [0.717, 1.165) is 44.2 Å². The van der Waals surface area contributed by atoms with Gasteiger partial charge in [0.2, 0.25) is 0 Å². The van der Waals surface area contributed by atoms with Crippen LogP contribution in [0.3, 0.4) is 0 Å². The Morgan fingerprint density at radius 2 is 1.84 bits per heavy atom. The highest BCUT2D eigenvalue weighted by atomic mass is 16.6. The molecule has 2 amide bonds. The van der Waals surface area contributed by atoms with Gasteiger partial charge in [-0.05, 0) is 67.7 Å². The van der Waals surface area contributed by atoms with Crippen LogP contribution in [0.2, 0.25) is 0 Å². The van der Waals surface area contributed by atoms with E-state index in [1.165, 1.54) is 0 Å². The molecular weight excluding hydrogens is 410 g/mol. The molecule has 1 aromatic heterocycles. The van der Waals surface area contributed by atoms with E-state index in [1.54, 1.807) is 6.20 Å². The van der Waals surface area contributed by atoms with Gasteiger partial charge in [-0.15, -0.1) is 0 Å². The molecule has 2 rings (SSSR count).